The van der Waals surface area contributed by atoms with E-state index in [9.17, 15) is 4.39 Å². The molecule has 2 aromatic rings. The summed E-state index contributed by atoms with van der Waals surface area (Å²) in [7, 11) is 0. The van der Waals surface area contributed by atoms with Crippen LogP contribution in [-0.2, 0) is 12.8 Å². The molecule has 1 aromatic heterocycles. The van der Waals surface area contributed by atoms with Crippen LogP contribution >= 0.6 is 0 Å². The molecule has 0 saturated heterocycles. The van der Waals surface area contributed by atoms with Crippen LogP contribution < -0.4 is 0 Å². The number of aryl methyl sites for hydroxylation is 1. The first-order valence-corrected chi connectivity index (χ1v) is 6.43. The molecule has 0 radical (unpaired) electrons. The zero-order valence-corrected chi connectivity index (χ0v) is 10.7. The SMILES string of the molecule is CC(C)c1c(-c2ccncc2F)ccc2c1CC2. The molecule has 1 aliphatic rings. The van der Waals surface area contributed by atoms with E-state index in [0.717, 1.165) is 18.4 Å². The number of halogens is 1. The van der Waals surface area contributed by atoms with Gasteiger partial charge in [-0.1, -0.05) is 26.0 Å². The minimum absolute atomic E-state index is 0.237. The Morgan fingerprint density at radius 3 is 2.56 bits per heavy atom. The molecule has 0 saturated carbocycles. The highest BCUT2D eigenvalue weighted by molar-refractivity contribution is 5.71. The molecular formula is C16H16FN. The standard InChI is InChI=1S/C16H16FN/c1-10(2)16-12-5-3-11(12)4-6-14(16)13-7-8-18-9-15(13)17/h4,6-10H,3,5H2,1-2H3. The first-order chi connectivity index (χ1) is 8.68. The van der Waals surface area contributed by atoms with Crippen LogP contribution in [0.4, 0.5) is 4.39 Å². The fourth-order valence-corrected chi connectivity index (χ4v) is 2.81. The summed E-state index contributed by atoms with van der Waals surface area (Å²) in [6.45, 7) is 4.35. The van der Waals surface area contributed by atoms with Crippen molar-refractivity contribution in [2.24, 2.45) is 0 Å². The Balaban J connectivity index is 2.24. The summed E-state index contributed by atoms with van der Waals surface area (Å²) in [4.78, 5) is 3.82. The molecule has 1 heterocycles. The van der Waals surface area contributed by atoms with Crippen molar-refractivity contribution in [3.05, 3.63) is 53.1 Å². The molecule has 0 fully saturated rings. The number of benzene rings is 1. The lowest BCUT2D eigenvalue weighted by atomic mass is 9.77. The van der Waals surface area contributed by atoms with E-state index in [2.05, 4.69) is 31.0 Å². The van der Waals surface area contributed by atoms with Crippen molar-refractivity contribution < 1.29 is 4.39 Å². The predicted octanol–water partition coefficient (Wildman–Crippen LogP) is 4.11. The van der Waals surface area contributed by atoms with Crippen LogP contribution in [0, 0.1) is 5.82 Å². The van der Waals surface area contributed by atoms with E-state index in [1.165, 1.54) is 22.9 Å². The van der Waals surface area contributed by atoms with E-state index < -0.39 is 0 Å². The molecule has 0 unspecified atom stereocenters. The summed E-state index contributed by atoms with van der Waals surface area (Å²) in [6.07, 6.45) is 5.23. The Hall–Kier alpha value is -1.70. The summed E-state index contributed by atoms with van der Waals surface area (Å²) >= 11 is 0. The molecular weight excluding hydrogens is 225 g/mol. The molecule has 1 nitrogen and oxygen atoms in total. The average molecular weight is 241 g/mol. The highest BCUT2D eigenvalue weighted by Crippen LogP contribution is 2.39. The molecule has 0 bridgehead atoms. The van der Waals surface area contributed by atoms with Gasteiger partial charge < -0.3 is 0 Å². The Morgan fingerprint density at radius 1 is 1.11 bits per heavy atom. The van der Waals surface area contributed by atoms with Crippen molar-refractivity contribution in [3.63, 3.8) is 0 Å². The second kappa shape index (κ2) is 4.20. The van der Waals surface area contributed by atoms with E-state index in [1.54, 1.807) is 12.3 Å². The number of rotatable bonds is 2. The second-order valence-electron chi connectivity index (χ2n) is 5.17. The summed E-state index contributed by atoms with van der Waals surface area (Å²) in [5.41, 5.74) is 5.87. The van der Waals surface area contributed by atoms with Gasteiger partial charge in [-0.2, -0.15) is 0 Å². The van der Waals surface area contributed by atoms with Crippen molar-refractivity contribution in [1.82, 2.24) is 4.98 Å². The molecule has 0 aliphatic heterocycles. The number of fused-ring (bicyclic) bond motifs is 1. The van der Waals surface area contributed by atoms with E-state index >= 15 is 0 Å². The highest BCUT2D eigenvalue weighted by atomic mass is 19.1. The Bertz CT molecular complexity index is 602. The Labute approximate surface area is 107 Å². The summed E-state index contributed by atoms with van der Waals surface area (Å²) in [5.74, 6) is 0.182. The van der Waals surface area contributed by atoms with E-state index in [0.29, 0.717) is 11.5 Å². The number of nitrogens with zero attached hydrogens (tertiary/aromatic N) is 1. The molecule has 92 valence electrons. The Kier molecular flexibility index (Phi) is 2.66. The molecule has 0 amide bonds. The van der Waals surface area contributed by atoms with E-state index in [4.69, 9.17) is 0 Å². The second-order valence-corrected chi connectivity index (χ2v) is 5.17. The largest absolute Gasteiger partial charge is 0.262 e. The average Bonchev–Trinajstić information content (AvgIpc) is 2.31. The number of hydrogen-bond acceptors (Lipinski definition) is 1. The van der Waals surface area contributed by atoms with Crippen molar-refractivity contribution in [2.75, 3.05) is 0 Å². The molecule has 3 rings (SSSR count). The zero-order valence-electron chi connectivity index (χ0n) is 10.7. The van der Waals surface area contributed by atoms with Crippen LogP contribution in [0.25, 0.3) is 11.1 Å². The summed E-state index contributed by atoms with van der Waals surface area (Å²) < 4.78 is 13.9. The van der Waals surface area contributed by atoms with Crippen LogP contribution in [0.2, 0.25) is 0 Å². The van der Waals surface area contributed by atoms with Gasteiger partial charge in [-0.15, -0.1) is 0 Å². The number of aromatic nitrogens is 1. The van der Waals surface area contributed by atoms with Crippen molar-refractivity contribution in [3.8, 4) is 11.1 Å². The molecule has 18 heavy (non-hydrogen) atoms. The van der Waals surface area contributed by atoms with Gasteiger partial charge in [-0.05, 0) is 47.1 Å². The van der Waals surface area contributed by atoms with E-state index in [-0.39, 0.29) is 5.82 Å². The topological polar surface area (TPSA) is 12.9 Å². The summed E-state index contributed by atoms with van der Waals surface area (Å²) in [6, 6.07) is 5.97. The molecule has 2 heteroatoms. The lowest BCUT2D eigenvalue weighted by Gasteiger charge is -2.27. The maximum absolute atomic E-state index is 13.9. The minimum Gasteiger partial charge on any atom is -0.262 e. The zero-order chi connectivity index (χ0) is 12.7. The lowest BCUT2D eigenvalue weighted by Crippen LogP contribution is -2.14. The molecule has 1 aromatic carbocycles. The third-order valence-electron chi connectivity index (χ3n) is 3.74. The van der Waals surface area contributed by atoms with Gasteiger partial charge in [0, 0.05) is 11.8 Å². The van der Waals surface area contributed by atoms with Gasteiger partial charge in [0.25, 0.3) is 0 Å². The maximum atomic E-state index is 13.9. The van der Waals surface area contributed by atoms with Crippen LogP contribution in [0.3, 0.4) is 0 Å². The fraction of sp³-hybridized carbons (Fsp3) is 0.312. The number of hydrogen-bond donors (Lipinski definition) is 0. The van der Waals surface area contributed by atoms with Crippen molar-refractivity contribution in [2.45, 2.75) is 32.6 Å². The van der Waals surface area contributed by atoms with Gasteiger partial charge in [-0.3, -0.25) is 4.98 Å². The van der Waals surface area contributed by atoms with Gasteiger partial charge in [0.15, 0.2) is 0 Å². The molecule has 0 atom stereocenters. The van der Waals surface area contributed by atoms with Crippen molar-refractivity contribution in [1.29, 1.82) is 0 Å². The molecule has 0 N–H and O–H groups in total. The Morgan fingerprint density at radius 2 is 1.94 bits per heavy atom. The highest BCUT2D eigenvalue weighted by Gasteiger charge is 2.23. The normalized spacial score (nSPS) is 13.3. The fourth-order valence-electron chi connectivity index (χ4n) is 2.81. The molecule has 0 spiro atoms. The van der Waals surface area contributed by atoms with Gasteiger partial charge in [0.05, 0.1) is 6.20 Å². The third-order valence-corrected chi connectivity index (χ3v) is 3.74. The van der Waals surface area contributed by atoms with Crippen LogP contribution in [0.1, 0.15) is 36.5 Å². The van der Waals surface area contributed by atoms with Crippen LogP contribution in [-0.4, -0.2) is 4.98 Å². The lowest BCUT2D eigenvalue weighted by molar-refractivity contribution is 0.624. The first kappa shape index (κ1) is 11.4. The number of pyridine rings is 1. The first-order valence-electron chi connectivity index (χ1n) is 6.43. The van der Waals surface area contributed by atoms with E-state index in [1.807, 2.05) is 0 Å². The van der Waals surface area contributed by atoms with Gasteiger partial charge >= 0.3 is 0 Å². The quantitative estimate of drug-likeness (QED) is 0.771. The van der Waals surface area contributed by atoms with Crippen LogP contribution in [0.15, 0.2) is 30.6 Å². The monoisotopic (exact) mass is 241 g/mol. The summed E-state index contributed by atoms with van der Waals surface area (Å²) in [5, 5.41) is 0. The smallest absolute Gasteiger partial charge is 0.149 e. The van der Waals surface area contributed by atoms with Gasteiger partial charge in [0.2, 0.25) is 0 Å². The minimum atomic E-state index is -0.237. The van der Waals surface area contributed by atoms with Crippen LogP contribution in [0.5, 0.6) is 0 Å². The predicted molar refractivity (Wildman–Crippen MR) is 71.1 cm³/mol. The van der Waals surface area contributed by atoms with Crippen molar-refractivity contribution >= 4 is 0 Å². The van der Waals surface area contributed by atoms with Gasteiger partial charge in [-0.25, -0.2) is 4.39 Å². The van der Waals surface area contributed by atoms with Gasteiger partial charge in [0.1, 0.15) is 5.82 Å². The molecule has 1 aliphatic carbocycles. The third kappa shape index (κ3) is 1.64. The maximum Gasteiger partial charge on any atom is 0.149 e.